The van der Waals surface area contributed by atoms with Crippen LogP contribution in [0.5, 0.6) is 0 Å². The van der Waals surface area contributed by atoms with Crippen molar-refractivity contribution in [1.82, 2.24) is 4.31 Å². The maximum atomic E-state index is 13.7. The molecular formula is C14H17FN2O3S. The molecule has 1 heterocycles. The molecule has 21 heavy (non-hydrogen) atoms. The van der Waals surface area contributed by atoms with Crippen molar-refractivity contribution in [2.75, 3.05) is 12.3 Å². The fraction of sp³-hybridized carbons (Fsp3) is 0.286. The van der Waals surface area contributed by atoms with Crippen molar-refractivity contribution in [3.8, 4) is 0 Å². The molecule has 0 atom stereocenters. The molecule has 2 N–H and O–H groups in total. The average Bonchev–Trinajstić information content (AvgIpc) is 2.92. The largest absolute Gasteiger partial charge is 0.468 e. The van der Waals surface area contributed by atoms with Crippen molar-refractivity contribution in [3.63, 3.8) is 0 Å². The quantitative estimate of drug-likeness (QED) is 0.861. The molecule has 2 rings (SSSR count). The smallest absolute Gasteiger partial charge is 0.243 e. The van der Waals surface area contributed by atoms with Gasteiger partial charge in [-0.1, -0.05) is 6.92 Å². The number of sulfonamides is 1. The van der Waals surface area contributed by atoms with Gasteiger partial charge in [0.15, 0.2) is 0 Å². The molecule has 7 heteroatoms. The minimum absolute atomic E-state index is 0.0575. The van der Waals surface area contributed by atoms with E-state index in [0.29, 0.717) is 5.76 Å². The highest BCUT2D eigenvalue weighted by Gasteiger charge is 2.27. The summed E-state index contributed by atoms with van der Waals surface area (Å²) in [4.78, 5) is -0.117. The Bertz CT molecular complexity index is 727. The second-order valence-corrected chi connectivity index (χ2v) is 6.54. The van der Waals surface area contributed by atoms with Crippen molar-refractivity contribution in [2.24, 2.45) is 0 Å². The van der Waals surface area contributed by atoms with E-state index in [9.17, 15) is 12.8 Å². The van der Waals surface area contributed by atoms with Crippen molar-refractivity contribution >= 4 is 15.7 Å². The first kappa shape index (κ1) is 15.5. The molecule has 0 bridgehead atoms. The molecule has 0 amide bonds. The predicted octanol–water partition coefficient (Wildman–Crippen LogP) is 2.52. The number of furan rings is 1. The molecule has 0 saturated carbocycles. The van der Waals surface area contributed by atoms with Crippen LogP contribution in [0.25, 0.3) is 0 Å². The Morgan fingerprint density at radius 3 is 2.67 bits per heavy atom. The summed E-state index contributed by atoms with van der Waals surface area (Å²) < 4.78 is 45.5. The highest BCUT2D eigenvalue weighted by Crippen LogP contribution is 2.26. The highest BCUT2D eigenvalue weighted by molar-refractivity contribution is 7.89. The molecule has 0 spiro atoms. The Balaban J connectivity index is 2.44. The van der Waals surface area contributed by atoms with Gasteiger partial charge in [-0.25, -0.2) is 12.8 Å². The van der Waals surface area contributed by atoms with Crippen molar-refractivity contribution in [2.45, 2.75) is 25.3 Å². The van der Waals surface area contributed by atoms with Gasteiger partial charge in [-0.15, -0.1) is 0 Å². The van der Waals surface area contributed by atoms with Crippen LogP contribution in [0.4, 0.5) is 10.1 Å². The van der Waals surface area contributed by atoms with Crippen LogP contribution in [-0.2, 0) is 16.6 Å². The summed E-state index contributed by atoms with van der Waals surface area (Å²) in [6, 6.07) is 5.75. The first-order chi connectivity index (χ1) is 9.86. The van der Waals surface area contributed by atoms with Crippen LogP contribution in [0, 0.1) is 12.7 Å². The zero-order chi connectivity index (χ0) is 15.6. The van der Waals surface area contributed by atoms with Crippen molar-refractivity contribution < 1.29 is 17.2 Å². The van der Waals surface area contributed by atoms with Gasteiger partial charge in [0.25, 0.3) is 0 Å². The number of rotatable bonds is 5. The lowest BCUT2D eigenvalue weighted by Crippen LogP contribution is -2.31. The Kier molecular flexibility index (Phi) is 4.34. The van der Waals surface area contributed by atoms with E-state index in [1.165, 1.54) is 23.6 Å². The van der Waals surface area contributed by atoms with E-state index in [4.69, 9.17) is 10.2 Å². The van der Waals surface area contributed by atoms with Gasteiger partial charge in [-0.2, -0.15) is 4.31 Å². The molecule has 0 aliphatic heterocycles. The Labute approximate surface area is 123 Å². The van der Waals surface area contributed by atoms with E-state index in [2.05, 4.69) is 0 Å². The van der Waals surface area contributed by atoms with E-state index < -0.39 is 15.8 Å². The van der Waals surface area contributed by atoms with Gasteiger partial charge < -0.3 is 10.2 Å². The molecule has 5 nitrogen and oxygen atoms in total. The molecule has 2 aromatic rings. The topological polar surface area (TPSA) is 76.5 Å². The zero-order valence-electron chi connectivity index (χ0n) is 11.8. The second-order valence-electron chi connectivity index (χ2n) is 4.64. The van der Waals surface area contributed by atoms with Crippen LogP contribution in [0.3, 0.4) is 0 Å². The molecule has 1 aromatic carbocycles. The second kappa shape index (κ2) is 5.87. The first-order valence-electron chi connectivity index (χ1n) is 6.44. The fourth-order valence-electron chi connectivity index (χ4n) is 2.02. The molecule has 0 aliphatic rings. The monoisotopic (exact) mass is 312 g/mol. The predicted molar refractivity (Wildman–Crippen MR) is 77.5 cm³/mol. The number of nitrogen functional groups attached to an aromatic ring is 1. The first-order valence-corrected chi connectivity index (χ1v) is 7.88. The van der Waals surface area contributed by atoms with Crippen LogP contribution in [0.2, 0.25) is 0 Å². The summed E-state index contributed by atoms with van der Waals surface area (Å²) in [6.07, 6.45) is 1.47. The third-order valence-electron chi connectivity index (χ3n) is 3.20. The lowest BCUT2D eigenvalue weighted by molar-refractivity contribution is 0.375. The summed E-state index contributed by atoms with van der Waals surface area (Å²) in [5, 5.41) is 0. The van der Waals surface area contributed by atoms with Gasteiger partial charge in [0.1, 0.15) is 11.6 Å². The number of nitrogens with zero attached hydrogens (tertiary/aromatic N) is 1. The standard InChI is InChI=1S/C14H17FN2O3S/c1-3-17(9-12-5-4-6-20-12)21(18,19)14-8-11(16)7-13(15)10(14)2/h4-8H,3,9,16H2,1-2H3. The summed E-state index contributed by atoms with van der Waals surface area (Å²) in [5.74, 6) is -0.120. The summed E-state index contributed by atoms with van der Waals surface area (Å²) in [6.45, 7) is 3.45. The maximum Gasteiger partial charge on any atom is 0.243 e. The van der Waals surface area contributed by atoms with Crippen LogP contribution < -0.4 is 5.73 Å². The van der Waals surface area contributed by atoms with Crippen LogP contribution in [0.15, 0.2) is 39.8 Å². The number of hydrogen-bond acceptors (Lipinski definition) is 4. The third kappa shape index (κ3) is 3.08. The van der Waals surface area contributed by atoms with Gasteiger partial charge in [0, 0.05) is 17.8 Å². The van der Waals surface area contributed by atoms with E-state index in [1.54, 1.807) is 19.1 Å². The van der Waals surface area contributed by atoms with E-state index in [0.717, 1.165) is 6.07 Å². The molecule has 114 valence electrons. The van der Waals surface area contributed by atoms with Crippen molar-refractivity contribution in [3.05, 3.63) is 47.7 Å². The third-order valence-corrected chi connectivity index (χ3v) is 5.25. The zero-order valence-corrected chi connectivity index (χ0v) is 12.7. The molecule has 0 fully saturated rings. The van der Waals surface area contributed by atoms with Crippen LogP contribution in [-0.4, -0.2) is 19.3 Å². The Morgan fingerprint density at radius 1 is 1.38 bits per heavy atom. The Hall–Kier alpha value is -1.86. The summed E-state index contributed by atoms with van der Waals surface area (Å²) in [5.41, 5.74) is 5.69. The summed E-state index contributed by atoms with van der Waals surface area (Å²) in [7, 11) is -3.85. The maximum absolute atomic E-state index is 13.7. The van der Waals surface area contributed by atoms with E-state index in [1.807, 2.05) is 0 Å². The van der Waals surface area contributed by atoms with Crippen LogP contribution in [0.1, 0.15) is 18.2 Å². The number of nitrogens with two attached hydrogens (primary N) is 1. The summed E-state index contributed by atoms with van der Waals surface area (Å²) >= 11 is 0. The van der Waals surface area contributed by atoms with Crippen LogP contribution >= 0.6 is 0 Å². The SMILES string of the molecule is CCN(Cc1ccco1)S(=O)(=O)c1cc(N)cc(F)c1C. The fourth-order valence-corrected chi connectivity index (χ4v) is 3.71. The molecule has 0 aliphatic carbocycles. The molecule has 0 unspecified atom stereocenters. The number of anilines is 1. The lowest BCUT2D eigenvalue weighted by atomic mass is 10.2. The van der Waals surface area contributed by atoms with Gasteiger partial charge in [0.05, 0.1) is 17.7 Å². The van der Waals surface area contributed by atoms with Crippen molar-refractivity contribution in [1.29, 1.82) is 0 Å². The number of benzene rings is 1. The highest BCUT2D eigenvalue weighted by atomic mass is 32.2. The van der Waals surface area contributed by atoms with Gasteiger partial charge >= 0.3 is 0 Å². The number of hydrogen-bond donors (Lipinski definition) is 1. The average molecular weight is 312 g/mol. The molecule has 0 radical (unpaired) electrons. The van der Waals surface area contributed by atoms with Gasteiger partial charge in [0.2, 0.25) is 10.0 Å². The van der Waals surface area contributed by atoms with Gasteiger partial charge in [-0.05, 0) is 31.2 Å². The van der Waals surface area contributed by atoms with E-state index >= 15 is 0 Å². The molecule has 1 aromatic heterocycles. The number of halogens is 1. The molecule has 0 saturated heterocycles. The minimum atomic E-state index is -3.85. The minimum Gasteiger partial charge on any atom is -0.468 e. The Morgan fingerprint density at radius 2 is 2.10 bits per heavy atom. The normalized spacial score (nSPS) is 12.0. The van der Waals surface area contributed by atoms with Gasteiger partial charge in [-0.3, -0.25) is 0 Å². The van der Waals surface area contributed by atoms with E-state index in [-0.39, 0.29) is 29.2 Å². The lowest BCUT2D eigenvalue weighted by Gasteiger charge is -2.21. The molecular weight excluding hydrogens is 295 g/mol.